The third-order valence-corrected chi connectivity index (χ3v) is 5.43. The van der Waals surface area contributed by atoms with Gasteiger partial charge < -0.3 is 20.3 Å². The molecule has 7 nitrogen and oxygen atoms in total. The van der Waals surface area contributed by atoms with Gasteiger partial charge in [-0.3, -0.25) is 14.4 Å². The van der Waals surface area contributed by atoms with E-state index in [2.05, 4.69) is 10.6 Å². The van der Waals surface area contributed by atoms with Gasteiger partial charge in [-0.2, -0.15) is 0 Å². The van der Waals surface area contributed by atoms with E-state index in [1.54, 1.807) is 36.3 Å². The first-order chi connectivity index (χ1) is 14.4. The molecule has 0 bridgehead atoms. The molecule has 30 heavy (non-hydrogen) atoms. The maximum absolute atomic E-state index is 12.8. The predicted octanol–water partition coefficient (Wildman–Crippen LogP) is 2.89. The Morgan fingerprint density at radius 3 is 2.67 bits per heavy atom. The zero-order chi connectivity index (χ0) is 21.3. The standard InChI is InChI=1S/C23H25N3O4/c1-14-6-9-20(30-2)19(10-14)26-13-16(12-21(26)27)23(29)25-18-5-3-4-15(11-18)22(28)24-17-7-8-17/h3-6,9-11,16-17H,7-8,12-13H2,1-2H3,(H,24,28)(H,25,29)/t16-/m0/s1. The van der Waals surface area contributed by atoms with Gasteiger partial charge in [0.1, 0.15) is 5.75 Å². The lowest BCUT2D eigenvalue weighted by atomic mass is 10.1. The van der Waals surface area contributed by atoms with Crippen LogP contribution in [0.4, 0.5) is 11.4 Å². The fourth-order valence-corrected chi connectivity index (χ4v) is 3.61. The number of hydrogen-bond donors (Lipinski definition) is 2. The van der Waals surface area contributed by atoms with Crippen molar-refractivity contribution < 1.29 is 19.1 Å². The van der Waals surface area contributed by atoms with Crippen LogP contribution in [0.25, 0.3) is 0 Å². The number of ether oxygens (including phenoxy) is 1. The topological polar surface area (TPSA) is 87.7 Å². The maximum Gasteiger partial charge on any atom is 0.251 e. The van der Waals surface area contributed by atoms with Gasteiger partial charge in [-0.05, 0) is 55.7 Å². The normalized spacial score (nSPS) is 18.3. The van der Waals surface area contributed by atoms with Crippen molar-refractivity contribution in [2.45, 2.75) is 32.2 Å². The lowest BCUT2D eigenvalue weighted by Crippen LogP contribution is -2.28. The summed E-state index contributed by atoms with van der Waals surface area (Å²) in [4.78, 5) is 39.3. The summed E-state index contributed by atoms with van der Waals surface area (Å²) in [5, 5.41) is 5.79. The third-order valence-electron chi connectivity index (χ3n) is 5.43. The fraction of sp³-hybridized carbons (Fsp3) is 0.348. The first kappa shape index (κ1) is 19.9. The number of carbonyl (C=O) groups is 3. The minimum atomic E-state index is -0.480. The van der Waals surface area contributed by atoms with Gasteiger partial charge in [0, 0.05) is 30.3 Å². The number of hydrogen-bond acceptors (Lipinski definition) is 4. The first-order valence-electron chi connectivity index (χ1n) is 10.1. The Kier molecular flexibility index (Phi) is 5.44. The van der Waals surface area contributed by atoms with Crippen molar-refractivity contribution in [1.82, 2.24) is 5.32 Å². The molecule has 1 heterocycles. The van der Waals surface area contributed by atoms with Crippen molar-refractivity contribution in [2.75, 3.05) is 23.9 Å². The van der Waals surface area contributed by atoms with Crippen LogP contribution in [-0.2, 0) is 9.59 Å². The van der Waals surface area contributed by atoms with Crippen LogP contribution in [0.15, 0.2) is 42.5 Å². The van der Waals surface area contributed by atoms with Crippen molar-refractivity contribution >= 4 is 29.1 Å². The monoisotopic (exact) mass is 407 g/mol. The molecule has 0 unspecified atom stereocenters. The molecular weight excluding hydrogens is 382 g/mol. The van der Waals surface area contributed by atoms with Crippen molar-refractivity contribution in [1.29, 1.82) is 0 Å². The largest absolute Gasteiger partial charge is 0.495 e. The average molecular weight is 407 g/mol. The summed E-state index contributed by atoms with van der Waals surface area (Å²) < 4.78 is 5.39. The molecular formula is C23H25N3O4. The summed E-state index contributed by atoms with van der Waals surface area (Å²) in [6.07, 6.45) is 2.16. The average Bonchev–Trinajstić information content (AvgIpc) is 3.46. The molecule has 2 aromatic rings. The number of amides is 3. The Balaban J connectivity index is 1.44. The number of methoxy groups -OCH3 is 1. The van der Waals surface area contributed by atoms with E-state index in [1.165, 1.54) is 0 Å². The minimum Gasteiger partial charge on any atom is -0.495 e. The van der Waals surface area contributed by atoms with Crippen LogP contribution >= 0.6 is 0 Å². The molecule has 3 amide bonds. The highest BCUT2D eigenvalue weighted by Crippen LogP contribution is 2.34. The third kappa shape index (κ3) is 4.30. The molecule has 4 rings (SSSR count). The quantitative estimate of drug-likeness (QED) is 0.771. The number of anilines is 2. The molecule has 1 aliphatic carbocycles. The molecule has 0 radical (unpaired) electrons. The van der Waals surface area contributed by atoms with Crippen molar-refractivity contribution in [2.24, 2.45) is 5.92 Å². The van der Waals surface area contributed by atoms with E-state index in [0.717, 1.165) is 18.4 Å². The second-order valence-electron chi connectivity index (χ2n) is 7.90. The van der Waals surface area contributed by atoms with Gasteiger partial charge in [0.2, 0.25) is 11.8 Å². The van der Waals surface area contributed by atoms with Crippen LogP contribution in [0.1, 0.15) is 35.2 Å². The van der Waals surface area contributed by atoms with Crippen molar-refractivity contribution in [3.63, 3.8) is 0 Å². The summed E-state index contributed by atoms with van der Waals surface area (Å²) in [6, 6.07) is 12.8. The first-order valence-corrected chi connectivity index (χ1v) is 10.1. The molecule has 1 saturated heterocycles. The second kappa shape index (κ2) is 8.18. The van der Waals surface area contributed by atoms with Gasteiger partial charge in [0.05, 0.1) is 18.7 Å². The van der Waals surface area contributed by atoms with Crippen molar-refractivity contribution in [3.8, 4) is 5.75 Å². The Morgan fingerprint density at radius 2 is 1.93 bits per heavy atom. The highest BCUT2D eigenvalue weighted by Gasteiger charge is 2.36. The van der Waals surface area contributed by atoms with Crippen LogP contribution in [0.5, 0.6) is 5.75 Å². The number of benzene rings is 2. The number of nitrogens with zero attached hydrogens (tertiary/aromatic N) is 1. The van der Waals surface area contributed by atoms with E-state index in [4.69, 9.17) is 4.74 Å². The van der Waals surface area contributed by atoms with E-state index in [0.29, 0.717) is 22.7 Å². The Bertz CT molecular complexity index is 1000. The van der Waals surface area contributed by atoms with E-state index >= 15 is 0 Å². The molecule has 0 aromatic heterocycles. The van der Waals surface area contributed by atoms with Crippen LogP contribution < -0.4 is 20.3 Å². The van der Waals surface area contributed by atoms with Gasteiger partial charge in [-0.25, -0.2) is 0 Å². The highest BCUT2D eigenvalue weighted by molar-refractivity contribution is 6.04. The lowest BCUT2D eigenvalue weighted by molar-refractivity contribution is -0.122. The van der Waals surface area contributed by atoms with Crippen LogP contribution in [0, 0.1) is 12.8 Å². The number of carbonyl (C=O) groups excluding carboxylic acids is 3. The zero-order valence-corrected chi connectivity index (χ0v) is 17.1. The SMILES string of the molecule is COc1ccc(C)cc1N1C[C@@H](C(=O)Nc2cccc(C(=O)NC3CC3)c2)CC1=O. The molecule has 7 heteroatoms. The smallest absolute Gasteiger partial charge is 0.251 e. The van der Waals surface area contributed by atoms with Gasteiger partial charge in [-0.1, -0.05) is 12.1 Å². The number of aryl methyl sites for hydroxylation is 1. The number of nitrogens with one attached hydrogen (secondary N) is 2. The zero-order valence-electron chi connectivity index (χ0n) is 17.1. The summed E-state index contributed by atoms with van der Waals surface area (Å²) in [5.74, 6) is -0.368. The Labute approximate surface area is 175 Å². The fourth-order valence-electron chi connectivity index (χ4n) is 3.61. The summed E-state index contributed by atoms with van der Waals surface area (Å²) in [6.45, 7) is 2.23. The number of rotatable bonds is 6. The van der Waals surface area contributed by atoms with Gasteiger partial charge in [-0.15, -0.1) is 0 Å². The van der Waals surface area contributed by atoms with Crippen LogP contribution in [-0.4, -0.2) is 37.4 Å². The second-order valence-corrected chi connectivity index (χ2v) is 7.90. The molecule has 156 valence electrons. The maximum atomic E-state index is 12.8. The van der Waals surface area contributed by atoms with Gasteiger partial charge >= 0.3 is 0 Å². The summed E-state index contributed by atoms with van der Waals surface area (Å²) in [7, 11) is 1.56. The molecule has 1 saturated carbocycles. The molecule has 1 aliphatic heterocycles. The van der Waals surface area contributed by atoms with E-state index in [-0.39, 0.29) is 36.7 Å². The van der Waals surface area contributed by atoms with E-state index in [9.17, 15) is 14.4 Å². The lowest BCUT2D eigenvalue weighted by Gasteiger charge is -2.20. The van der Waals surface area contributed by atoms with E-state index in [1.807, 2.05) is 25.1 Å². The Morgan fingerprint density at radius 1 is 1.13 bits per heavy atom. The molecule has 1 atom stereocenters. The minimum absolute atomic E-state index is 0.114. The van der Waals surface area contributed by atoms with Crippen molar-refractivity contribution in [3.05, 3.63) is 53.6 Å². The molecule has 2 fully saturated rings. The molecule has 0 spiro atoms. The van der Waals surface area contributed by atoms with Gasteiger partial charge in [0.25, 0.3) is 5.91 Å². The summed E-state index contributed by atoms with van der Waals surface area (Å²) >= 11 is 0. The highest BCUT2D eigenvalue weighted by atomic mass is 16.5. The molecule has 2 aromatic carbocycles. The van der Waals surface area contributed by atoms with E-state index < -0.39 is 5.92 Å². The van der Waals surface area contributed by atoms with Crippen LogP contribution in [0.3, 0.4) is 0 Å². The predicted molar refractivity (Wildman–Crippen MR) is 114 cm³/mol. The van der Waals surface area contributed by atoms with Gasteiger partial charge in [0.15, 0.2) is 0 Å². The molecule has 2 N–H and O–H groups in total. The Hall–Kier alpha value is -3.35. The summed E-state index contributed by atoms with van der Waals surface area (Å²) in [5.41, 5.74) is 2.74. The van der Waals surface area contributed by atoms with Crippen LogP contribution in [0.2, 0.25) is 0 Å². The molecule has 2 aliphatic rings.